The molecular weight excluding hydrogens is 354 g/mol. The molecule has 0 saturated carbocycles. The molecule has 0 bridgehead atoms. The summed E-state index contributed by atoms with van der Waals surface area (Å²) >= 11 is 0. The highest BCUT2D eigenvalue weighted by Crippen LogP contribution is 2.38. The van der Waals surface area contributed by atoms with Crippen LogP contribution in [0.25, 0.3) is 0 Å². The van der Waals surface area contributed by atoms with E-state index in [1.165, 1.54) is 24.8 Å². The van der Waals surface area contributed by atoms with Gasteiger partial charge in [0.25, 0.3) is 0 Å². The van der Waals surface area contributed by atoms with Crippen molar-refractivity contribution in [3.8, 4) is 23.0 Å². The summed E-state index contributed by atoms with van der Waals surface area (Å²) in [4.78, 5) is 2.55. The third-order valence-corrected chi connectivity index (χ3v) is 5.52. The summed E-state index contributed by atoms with van der Waals surface area (Å²) in [6.45, 7) is 1.87. The normalized spacial score (nSPS) is 17.6. The van der Waals surface area contributed by atoms with Crippen molar-refractivity contribution in [1.29, 1.82) is 0 Å². The number of likely N-dealkylation sites (tertiary alicyclic amines) is 1. The van der Waals surface area contributed by atoms with Gasteiger partial charge in [-0.05, 0) is 43.1 Å². The van der Waals surface area contributed by atoms with Crippen LogP contribution in [0.1, 0.15) is 42.9 Å². The molecular formula is C23H31NO4. The van der Waals surface area contributed by atoms with Crippen LogP contribution in [0.15, 0.2) is 36.4 Å². The molecule has 1 fully saturated rings. The zero-order valence-corrected chi connectivity index (χ0v) is 17.4. The number of ether oxygens (including phenoxy) is 4. The molecule has 1 atom stereocenters. The Morgan fingerprint density at radius 1 is 0.786 bits per heavy atom. The molecule has 0 spiro atoms. The number of nitrogens with zero attached hydrogens (tertiary/aromatic N) is 1. The van der Waals surface area contributed by atoms with Crippen LogP contribution in [0.4, 0.5) is 0 Å². The maximum atomic E-state index is 5.65. The van der Waals surface area contributed by atoms with Crippen LogP contribution in [0, 0.1) is 0 Å². The third kappa shape index (κ3) is 4.53. The SMILES string of the molecule is COc1ccc(C2CCCCCN2Cc2cc(OC)c(OC)cc2OC)cc1. The standard InChI is InChI=1S/C23H31NO4/c1-25-19-11-9-17(10-12-19)20-8-6-5-7-13-24(20)16-18-14-22(27-3)23(28-4)15-21(18)26-2/h9-12,14-15,20H,5-8,13,16H2,1-4H3. The van der Waals surface area contributed by atoms with Gasteiger partial charge in [-0.1, -0.05) is 25.0 Å². The fourth-order valence-corrected chi connectivity index (χ4v) is 4.00. The van der Waals surface area contributed by atoms with Crippen molar-refractivity contribution in [2.75, 3.05) is 35.0 Å². The maximum absolute atomic E-state index is 5.65. The van der Waals surface area contributed by atoms with Gasteiger partial charge in [0.15, 0.2) is 11.5 Å². The second-order valence-electron chi connectivity index (χ2n) is 7.13. The van der Waals surface area contributed by atoms with Gasteiger partial charge in [0.1, 0.15) is 11.5 Å². The van der Waals surface area contributed by atoms with E-state index >= 15 is 0 Å². The molecule has 1 aliphatic rings. The zero-order valence-electron chi connectivity index (χ0n) is 17.4. The highest BCUT2D eigenvalue weighted by atomic mass is 16.5. The topological polar surface area (TPSA) is 40.2 Å². The second kappa shape index (κ2) is 9.69. The first-order valence-corrected chi connectivity index (χ1v) is 9.87. The fraction of sp³-hybridized carbons (Fsp3) is 0.478. The number of benzene rings is 2. The van der Waals surface area contributed by atoms with Crippen molar-refractivity contribution >= 4 is 0 Å². The van der Waals surface area contributed by atoms with Gasteiger partial charge in [-0.25, -0.2) is 0 Å². The molecule has 1 heterocycles. The Bertz CT molecular complexity index is 760. The molecule has 0 radical (unpaired) electrons. The molecule has 0 aliphatic carbocycles. The van der Waals surface area contributed by atoms with Gasteiger partial charge in [-0.3, -0.25) is 4.90 Å². The van der Waals surface area contributed by atoms with Crippen LogP contribution in [-0.4, -0.2) is 39.9 Å². The summed E-state index contributed by atoms with van der Waals surface area (Å²) in [6.07, 6.45) is 4.88. The highest BCUT2D eigenvalue weighted by molar-refractivity contribution is 5.50. The summed E-state index contributed by atoms with van der Waals surface area (Å²) in [5.41, 5.74) is 2.45. The van der Waals surface area contributed by atoms with E-state index in [2.05, 4.69) is 29.2 Å². The van der Waals surface area contributed by atoms with Crippen molar-refractivity contribution in [1.82, 2.24) is 4.90 Å². The minimum Gasteiger partial charge on any atom is -0.497 e. The molecule has 1 aliphatic heterocycles. The zero-order chi connectivity index (χ0) is 19.9. The Kier molecular flexibility index (Phi) is 7.04. The first-order chi connectivity index (χ1) is 13.7. The second-order valence-corrected chi connectivity index (χ2v) is 7.13. The first kappa shape index (κ1) is 20.3. The van der Waals surface area contributed by atoms with Gasteiger partial charge in [0, 0.05) is 24.2 Å². The Hall–Kier alpha value is -2.40. The van der Waals surface area contributed by atoms with Gasteiger partial charge in [-0.2, -0.15) is 0 Å². The van der Waals surface area contributed by atoms with Crippen LogP contribution >= 0.6 is 0 Å². The summed E-state index contributed by atoms with van der Waals surface area (Å²) in [6, 6.07) is 12.8. The van der Waals surface area contributed by atoms with E-state index in [0.717, 1.165) is 42.3 Å². The minimum absolute atomic E-state index is 0.381. The molecule has 2 aromatic carbocycles. The molecule has 1 unspecified atom stereocenters. The van der Waals surface area contributed by atoms with Gasteiger partial charge in [-0.15, -0.1) is 0 Å². The first-order valence-electron chi connectivity index (χ1n) is 9.87. The molecule has 5 heteroatoms. The third-order valence-electron chi connectivity index (χ3n) is 5.52. The summed E-state index contributed by atoms with van der Waals surface area (Å²) in [5, 5.41) is 0. The van der Waals surface area contributed by atoms with E-state index in [1.807, 2.05) is 12.1 Å². The lowest BCUT2D eigenvalue weighted by molar-refractivity contribution is 0.189. The van der Waals surface area contributed by atoms with E-state index in [-0.39, 0.29) is 0 Å². The van der Waals surface area contributed by atoms with Gasteiger partial charge < -0.3 is 18.9 Å². The van der Waals surface area contributed by atoms with Crippen molar-refractivity contribution in [3.05, 3.63) is 47.5 Å². The van der Waals surface area contributed by atoms with E-state index in [0.29, 0.717) is 11.8 Å². The lowest BCUT2D eigenvalue weighted by Crippen LogP contribution is -2.28. The van der Waals surface area contributed by atoms with E-state index in [1.54, 1.807) is 28.4 Å². The predicted molar refractivity (Wildman–Crippen MR) is 111 cm³/mol. The minimum atomic E-state index is 0.381. The smallest absolute Gasteiger partial charge is 0.164 e. The molecule has 0 aromatic heterocycles. The lowest BCUT2D eigenvalue weighted by atomic mass is 10.00. The van der Waals surface area contributed by atoms with Gasteiger partial charge in [0.05, 0.1) is 28.4 Å². The number of hydrogen-bond acceptors (Lipinski definition) is 5. The molecule has 28 heavy (non-hydrogen) atoms. The molecule has 3 rings (SSSR count). The highest BCUT2D eigenvalue weighted by Gasteiger charge is 2.24. The summed E-state index contributed by atoms with van der Waals surface area (Å²) in [7, 11) is 6.72. The quantitative estimate of drug-likeness (QED) is 0.682. The predicted octanol–water partition coefficient (Wildman–Crippen LogP) is 4.84. The Labute approximate surface area is 168 Å². The average molecular weight is 386 g/mol. The van der Waals surface area contributed by atoms with E-state index in [4.69, 9.17) is 18.9 Å². The Morgan fingerprint density at radius 3 is 2.11 bits per heavy atom. The average Bonchev–Trinajstić information content (AvgIpc) is 2.98. The van der Waals surface area contributed by atoms with Gasteiger partial charge >= 0.3 is 0 Å². The molecule has 1 saturated heterocycles. The van der Waals surface area contributed by atoms with Crippen molar-refractivity contribution in [3.63, 3.8) is 0 Å². The Morgan fingerprint density at radius 2 is 1.46 bits per heavy atom. The Balaban J connectivity index is 1.90. The van der Waals surface area contributed by atoms with Crippen LogP contribution in [0.5, 0.6) is 23.0 Å². The maximum Gasteiger partial charge on any atom is 0.164 e. The van der Waals surface area contributed by atoms with Gasteiger partial charge in [0.2, 0.25) is 0 Å². The van der Waals surface area contributed by atoms with Crippen molar-refractivity contribution in [2.24, 2.45) is 0 Å². The van der Waals surface area contributed by atoms with Crippen LogP contribution < -0.4 is 18.9 Å². The van der Waals surface area contributed by atoms with E-state index in [9.17, 15) is 0 Å². The van der Waals surface area contributed by atoms with Crippen molar-refractivity contribution in [2.45, 2.75) is 38.3 Å². The van der Waals surface area contributed by atoms with Crippen molar-refractivity contribution < 1.29 is 18.9 Å². The number of rotatable bonds is 7. The van der Waals surface area contributed by atoms with Crippen LogP contribution in [0.3, 0.4) is 0 Å². The number of hydrogen-bond donors (Lipinski definition) is 0. The summed E-state index contributed by atoms with van der Waals surface area (Å²) < 4.78 is 21.9. The van der Waals surface area contributed by atoms with Crippen LogP contribution in [-0.2, 0) is 6.54 Å². The molecule has 0 amide bonds. The van der Waals surface area contributed by atoms with Crippen LogP contribution in [0.2, 0.25) is 0 Å². The largest absolute Gasteiger partial charge is 0.497 e. The lowest BCUT2D eigenvalue weighted by Gasteiger charge is -2.31. The fourth-order valence-electron chi connectivity index (χ4n) is 4.00. The number of methoxy groups -OCH3 is 4. The monoisotopic (exact) mass is 385 g/mol. The molecule has 152 valence electrons. The van der Waals surface area contributed by atoms with E-state index < -0.39 is 0 Å². The molecule has 2 aromatic rings. The molecule has 5 nitrogen and oxygen atoms in total. The summed E-state index contributed by atoms with van der Waals surface area (Å²) in [5.74, 6) is 3.14. The molecule has 0 N–H and O–H groups in total.